The average molecular weight is 204 g/mol. The third kappa shape index (κ3) is 3.07. The lowest BCUT2D eigenvalue weighted by Crippen LogP contribution is -1.96. The third-order valence-corrected chi connectivity index (χ3v) is 3.52. The summed E-state index contributed by atoms with van der Waals surface area (Å²) >= 11 is 0. The summed E-state index contributed by atoms with van der Waals surface area (Å²) in [4.78, 5) is 0. The van der Waals surface area contributed by atoms with Gasteiger partial charge in [0.1, 0.15) is 0 Å². The highest BCUT2D eigenvalue weighted by Crippen LogP contribution is 2.28. The second kappa shape index (κ2) is 5.32. The van der Waals surface area contributed by atoms with E-state index in [-0.39, 0.29) is 6.61 Å². The van der Waals surface area contributed by atoms with E-state index in [2.05, 4.69) is 12.1 Å². The van der Waals surface area contributed by atoms with Crippen molar-refractivity contribution in [3.05, 3.63) is 35.4 Å². The van der Waals surface area contributed by atoms with Crippen LogP contribution in [0, 0.1) is 5.92 Å². The molecule has 1 aromatic rings. The van der Waals surface area contributed by atoms with Crippen molar-refractivity contribution in [1.82, 2.24) is 0 Å². The Kier molecular flexibility index (Phi) is 3.79. The van der Waals surface area contributed by atoms with Gasteiger partial charge in [0.2, 0.25) is 0 Å². The standard InChI is InChI=1S/C14H20O/c15-11-14-9-7-13(8-10-14)6-5-12-3-1-2-4-12/h7-10,12,15H,1-6,11H2. The molecule has 0 radical (unpaired) electrons. The molecule has 0 unspecified atom stereocenters. The van der Waals surface area contributed by atoms with Crippen LogP contribution in [-0.4, -0.2) is 5.11 Å². The van der Waals surface area contributed by atoms with Crippen molar-refractivity contribution in [2.75, 3.05) is 0 Å². The number of aliphatic hydroxyl groups is 1. The molecule has 1 fully saturated rings. The minimum atomic E-state index is 0.156. The first-order valence-electron chi connectivity index (χ1n) is 6.07. The summed E-state index contributed by atoms with van der Waals surface area (Å²) in [7, 11) is 0. The predicted molar refractivity (Wildman–Crippen MR) is 62.6 cm³/mol. The topological polar surface area (TPSA) is 20.2 Å². The van der Waals surface area contributed by atoms with Crippen LogP contribution in [0.4, 0.5) is 0 Å². The Morgan fingerprint density at radius 3 is 2.20 bits per heavy atom. The molecule has 1 nitrogen and oxygen atoms in total. The predicted octanol–water partition coefficient (Wildman–Crippen LogP) is 3.30. The number of aryl methyl sites for hydroxylation is 1. The van der Waals surface area contributed by atoms with Crippen LogP contribution in [0.15, 0.2) is 24.3 Å². The molecular weight excluding hydrogens is 184 g/mol. The van der Waals surface area contributed by atoms with E-state index in [0.717, 1.165) is 11.5 Å². The van der Waals surface area contributed by atoms with Gasteiger partial charge in [-0.15, -0.1) is 0 Å². The van der Waals surface area contributed by atoms with Gasteiger partial charge in [0.05, 0.1) is 6.61 Å². The Labute approximate surface area is 92.1 Å². The molecule has 0 spiro atoms. The average Bonchev–Trinajstić information content (AvgIpc) is 2.80. The van der Waals surface area contributed by atoms with Crippen LogP contribution >= 0.6 is 0 Å². The second-order valence-electron chi connectivity index (χ2n) is 4.66. The summed E-state index contributed by atoms with van der Waals surface area (Å²) in [5.74, 6) is 0.975. The molecule has 0 aromatic heterocycles. The van der Waals surface area contributed by atoms with E-state index >= 15 is 0 Å². The molecule has 82 valence electrons. The van der Waals surface area contributed by atoms with Crippen LogP contribution < -0.4 is 0 Å². The van der Waals surface area contributed by atoms with Crippen molar-refractivity contribution in [1.29, 1.82) is 0 Å². The molecule has 0 saturated heterocycles. The van der Waals surface area contributed by atoms with Crippen LogP contribution in [0.25, 0.3) is 0 Å². The van der Waals surface area contributed by atoms with Gasteiger partial charge >= 0.3 is 0 Å². The first-order valence-corrected chi connectivity index (χ1v) is 6.07. The van der Waals surface area contributed by atoms with Crippen LogP contribution in [0.2, 0.25) is 0 Å². The van der Waals surface area contributed by atoms with E-state index in [1.807, 2.05) is 12.1 Å². The molecule has 1 aromatic carbocycles. The first kappa shape index (κ1) is 10.7. The molecule has 0 atom stereocenters. The van der Waals surface area contributed by atoms with E-state index in [1.54, 1.807) is 0 Å². The highest BCUT2D eigenvalue weighted by molar-refractivity contribution is 5.22. The summed E-state index contributed by atoms with van der Waals surface area (Å²) in [6, 6.07) is 8.37. The van der Waals surface area contributed by atoms with Crippen molar-refractivity contribution in [2.24, 2.45) is 5.92 Å². The van der Waals surface area contributed by atoms with Gasteiger partial charge in [0.15, 0.2) is 0 Å². The zero-order chi connectivity index (χ0) is 10.5. The number of benzene rings is 1. The van der Waals surface area contributed by atoms with Gasteiger partial charge in [-0.05, 0) is 29.9 Å². The molecule has 15 heavy (non-hydrogen) atoms. The van der Waals surface area contributed by atoms with Crippen molar-refractivity contribution in [3.8, 4) is 0 Å². The molecule has 0 bridgehead atoms. The smallest absolute Gasteiger partial charge is 0.0681 e. The zero-order valence-electron chi connectivity index (χ0n) is 9.28. The number of hydrogen-bond acceptors (Lipinski definition) is 1. The molecule has 2 rings (SSSR count). The van der Waals surface area contributed by atoms with E-state index in [9.17, 15) is 0 Å². The fourth-order valence-electron chi connectivity index (χ4n) is 2.48. The Morgan fingerprint density at radius 1 is 1.00 bits per heavy atom. The van der Waals surface area contributed by atoms with Crippen LogP contribution in [0.5, 0.6) is 0 Å². The van der Waals surface area contributed by atoms with E-state index < -0.39 is 0 Å². The second-order valence-corrected chi connectivity index (χ2v) is 4.66. The highest BCUT2D eigenvalue weighted by atomic mass is 16.3. The van der Waals surface area contributed by atoms with Gasteiger partial charge in [-0.2, -0.15) is 0 Å². The minimum absolute atomic E-state index is 0.156. The van der Waals surface area contributed by atoms with Crippen LogP contribution in [-0.2, 0) is 13.0 Å². The van der Waals surface area contributed by atoms with Crippen LogP contribution in [0.3, 0.4) is 0 Å². The lowest BCUT2D eigenvalue weighted by atomic mass is 9.98. The molecular formula is C14H20O. The lowest BCUT2D eigenvalue weighted by Gasteiger charge is -2.08. The monoisotopic (exact) mass is 204 g/mol. The normalized spacial score (nSPS) is 17.1. The van der Waals surface area contributed by atoms with Gasteiger partial charge in [-0.1, -0.05) is 49.9 Å². The van der Waals surface area contributed by atoms with Crippen molar-refractivity contribution in [2.45, 2.75) is 45.1 Å². The third-order valence-electron chi connectivity index (χ3n) is 3.52. The Morgan fingerprint density at radius 2 is 1.60 bits per heavy atom. The number of hydrogen-bond donors (Lipinski definition) is 1. The maximum Gasteiger partial charge on any atom is 0.0681 e. The van der Waals surface area contributed by atoms with Crippen molar-refractivity contribution < 1.29 is 5.11 Å². The Balaban J connectivity index is 1.82. The number of rotatable bonds is 4. The zero-order valence-corrected chi connectivity index (χ0v) is 9.28. The largest absolute Gasteiger partial charge is 0.392 e. The van der Waals surface area contributed by atoms with Crippen LogP contribution in [0.1, 0.15) is 43.2 Å². The Hall–Kier alpha value is -0.820. The summed E-state index contributed by atoms with van der Waals surface area (Å²) < 4.78 is 0. The summed E-state index contributed by atoms with van der Waals surface area (Å²) in [5, 5.41) is 8.93. The lowest BCUT2D eigenvalue weighted by molar-refractivity contribution is 0.282. The first-order chi connectivity index (χ1) is 7.38. The highest BCUT2D eigenvalue weighted by Gasteiger charge is 2.14. The van der Waals surface area contributed by atoms with Crippen molar-refractivity contribution >= 4 is 0 Å². The summed E-state index contributed by atoms with van der Waals surface area (Å²) in [6.07, 6.45) is 8.31. The summed E-state index contributed by atoms with van der Waals surface area (Å²) in [5.41, 5.74) is 2.43. The van der Waals surface area contributed by atoms with Gasteiger partial charge in [0.25, 0.3) is 0 Å². The molecule has 0 heterocycles. The maximum atomic E-state index is 8.93. The van der Waals surface area contributed by atoms with Gasteiger partial charge in [-0.25, -0.2) is 0 Å². The molecule has 1 aliphatic carbocycles. The molecule has 1 saturated carbocycles. The summed E-state index contributed by atoms with van der Waals surface area (Å²) in [6.45, 7) is 0.156. The van der Waals surface area contributed by atoms with E-state index in [4.69, 9.17) is 5.11 Å². The van der Waals surface area contributed by atoms with Gasteiger partial charge in [-0.3, -0.25) is 0 Å². The molecule has 0 amide bonds. The molecule has 1 N–H and O–H groups in total. The Bertz CT molecular complexity index is 283. The van der Waals surface area contributed by atoms with Crippen molar-refractivity contribution in [3.63, 3.8) is 0 Å². The minimum Gasteiger partial charge on any atom is -0.392 e. The van der Waals surface area contributed by atoms with Gasteiger partial charge in [0, 0.05) is 0 Å². The fraction of sp³-hybridized carbons (Fsp3) is 0.571. The van der Waals surface area contributed by atoms with E-state index in [0.29, 0.717) is 0 Å². The SMILES string of the molecule is OCc1ccc(CCC2CCCC2)cc1. The molecule has 0 aliphatic heterocycles. The van der Waals surface area contributed by atoms with E-state index in [1.165, 1.54) is 44.1 Å². The maximum absolute atomic E-state index is 8.93. The van der Waals surface area contributed by atoms with Gasteiger partial charge < -0.3 is 5.11 Å². The molecule has 1 heteroatoms. The molecule has 1 aliphatic rings. The number of aliphatic hydroxyl groups excluding tert-OH is 1. The fourth-order valence-corrected chi connectivity index (χ4v) is 2.48. The quantitative estimate of drug-likeness (QED) is 0.797.